The predicted octanol–water partition coefficient (Wildman–Crippen LogP) is 3.46. The highest BCUT2D eigenvalue weighted by Gasteiger charge is 2.11. The minimum Gasteiger partial charge on any atom is -0.439 e. The van der Waals surface area contributed by atoms with Gasteiger partial charge in [-0.3, -0.25) is 0 Å². The molecule has 1 heterocycles. The molecule has 0 aliphatic rings. The summed E-state index contributed by atoms with van der Waals surface area (Å²) in [7, 11) is 1.92. The third-order valence-corrected chi connectivity index (χ3v) is 2.94. The average molecular weight is 242 g/mol. The molecule has 1 aromatic heterocycles. The molecule has 1 atom stereocenters. The zero-order valence-electron chi connectivity index (χ0n) is 11.0. The van der Waals surface area contributed by atoms with E-state index >= 15 is 0 Å². The van der Waals surface area contributed by atoms with Crippen LogP contribution in [-0.4, -0.2) is 12.0 Å². The van der Waals surface area contributed by atoms with Crippen LogP contribution in [-0.2, 0) is 0 Å². The van der Waals surface area contributed by atoms with Gasteiger partial charge in [-0.1, -0.05) is 23.8 Å². The van der Waals surface area contributed by atoms with Gasteiger partial charge >= 0.3 is 0 Å². The van der Waals surface area contributed by atoms with Gasteiger partial charge in [-0.25, -0.2) is 4.98 Å². The molecule has 1 aromatic carbocycles. The molecule has 1 unspecified atom stereocenters. The Morgan fingerprint density at radius 1 is 1.17 bits per heavy atom. The summed E-state index contributed by atoms with van der Waals surface area (Å²) in [6.45, 7) is 4.14. The van der Waals surface area contributed by atoms with Crippen LogP contribution in [0, 0.1) is 6.92 Å². The highest BCUT2D eigenvalue weighted by Crippen LogP contribution is 2.27. The monoisotopic (exact) mass is 242 g/mol. The molecule has 0 saturated heterocycles. The molecule has 0 spiro atoms. The van der Waals surface area contributed by atoms with Crippen molar-refractivity contribution in [2.24, 2.45) is 0 Å². The molecule has 0 radical (unpaired) electrons. The number of hydrogen-bond donors (Lipinski definition) is 1. The normalized spacial score (nSPS) is 12.2. The van der Waals surface area contributed by atoms with Crippen molar-refractivity contribution in [2.75, 3.05) is 7.05 Å². The molecule has 0 aliphatic heterocycles. The fourth-order valence-electron chi connectivity index (χ4n) is 1.69. The SMILES string of the molecule is CNC(C)c1cccnc1Oc1ccc(C)cc1. The van der Waals surface area contributed by atoms with Crippen LogP contribution in [0.2, 0.25) is 0 Å². The van der Waals surface area contributed by atoms with Crippen molar-refractivity contribution in [3.05, 3.63) is 53.7 Å². The lowest BCUT2D eigenvalue weighted by molar-refractivity contribution is 0.446. The number of ether oxygens (including phenoxy) is 1. The summed E-state index contributed by atoms with van der Waals surface area (Å²) in [5.74, 6) is 1.46. The molecule has 0 amide bonds. The molecule has 2 rings (SSSR count). The lowest BCUT2D eigenvalue weighted by atomic mass is 10.1. The molecule has 0 aliphatic carbocycles. The number of nitrogens with one attached hydrogen (secondary N) is 1. The second-order valence-corrected chi connectivity index (χ2v) is 4.32. The Morgan fingerprint density at radius 2 is 1.89 bits per heavy atom. The van der Waals surface area contributed by atoms with Crippen molar-refractivity contribution < 1.29 is 4.74 Å². The second-order valence-electron chi connectivity index (χ2n) is 4.32. The Morgan fingerprint density at radius 3 is 2.56 bits per heavy atom. The lowest BCUT2D eigenvalue weighted by Crippen LogP contribution is -2.13. The predicted molar refractivity (Wildman–Crippen MR) is 73.0 cm³/mol. The van der Waals surface area contributed by atoms with Gasteiger partial charge in [0.15, 0.2) is 0 Å². The summed E-state index contributed by atoms with van der Waals surface area (Å²) in [4.78, 5) is 4.30. The summed E-state index contributed by atoms with van der Waals surface area (Å²) in [6.07, 6.45) is 1.75. The van der Waals surface area contributed by atoms with Crippen molar-refractivity contribution in [3.63, 3.8) is 0 Å². The van der Waals surface area contributed by atoms with Gasteiger partial charge in [0.05, 0.1) is 0 Å². The van der Waals surface area contributed by atoms with E-state index in [4.69, 9.17) is 4.74 Å². The quantitative estimate of drug-likeness (QED) is 0.891. The molecule has 3 nitrogen and oxygen atoms in total. The van der Waals surface area contributed by atoms with Gasteiger partial charge in [0.2, 0.25) is 5.88 Å². The van der Waals surface area contributed by atoms with Crippen LogP contribution < -0.4 is 10.1 Å². The number of benzene rings is 1. The van der Waals surface area contributed by atoms with Crippen LogP contribution in [0.5, 0.6) is 11.6 Å². The fourth-order valence-corrected chi connectivity index (χ4v) is 1.69. The number of pyridine rings is 1. The Bertz CT molecular complexity index is 508. The summed E-state index contributed by atoms with van der Waals surface area (Å²) in [6, 6.07) is 12.1. The van der Waals surface area contributed by atoms with Gasteiger partial charge in [-0.15, -0.1) is 0 Å². The van der Waals surface area contributed by atoms with Crippen molar-refractivity contribution in [1.29, 1.82) is 0 Å². The van der Waals surface area contributed by atoms with E-state index in [2.05, 4.69) is 24.1 Å². The van der Waals surface area contributed by atoms with E-state index in [-0.39, 0.29) is 6.04 Å². The zero-order valence-corrected chi connectivity index (χ0v) is 11.0. The van der Waals surface area contributed by atoms with Crippen molar-refractivity contribution in [2.45, 2.75) is 19.9 Å². The first-order chi connectivity index (χ1) is 8.70. The first kappa shape index (κ1) is 12.6. The van der Waals surface area contributed by atoms with Crippen LogP contribution in [0.25, 0.3) is 0 Å². The van der Waals surface area contributed by atoms with Crippen LogP contribution in [0.15, 0.2) is 42.6 Å². The van der Waals surface area contributed by atoms with E-state index in [1.54, 1.807) is 6.20 Å². The van der Waals surface area contributed by atoms with E-state index in [1.807, 2.05) is 43.4 Å². The van der Waals surface area contributed by atoms with E-state index in [0.717, 1.165) is 11.3 Å². The largest absolute Gasteiger partial charge is 0.439 e. The van der Waals surface area contributed by atoms with E-state index in [1.165, 1.54) is 5.56 Å². The van der Waals surface area contributed by atoms with Crippen LogP contribution >= 0.6 is 0 Å². The number of rotatable bonds is 4. The molecule has 0 saturated carbocycles. The maximum absolute atomic E-state index is 5.84. The summed E-state index contributed by atoms with van der Waals surface area (Å²) in [5.41, 5.74) is 2.27. The molecule has 2 aromatic rings. The fraction of sp³-hybridized carbons (Fsp3) is 0.267. The molecular formula is C15H18N2O. The van der Waals surface area contributed by atoms with Gasteiger partial charge in [-0.05, 0) is 39.1 Å². The Balaban J connectivity index is 2.26. The smallest absolute Gasteiger partial charge is 0.223 e. The molecule has 0 fully saturated rings. The van der Waals surface area contributed by atoms with Crippen molar-refractivity contribution in [1.82, 2.24) is 10.3 Å². The molecular weight excluding hydrogens is 224 g/mol. The first-order valence-corrected chi connectivity index (χ1v) is 6.07. The van der Waals surface area contributed by atoms with Gasteiger partial charge in [0.25, 0.3) is 0 Å². The lowest BCUT2D eigenvalue weighted by Gasteiger charge is -2.14. The third kappa shape index (κ3) is 2.87. The highest BCUT2D eigenvalue weighted by atomic mass is 16.5. The second kappa shape index (κ2) is 5.65. The molecule has 94 valence electrons. The van der Waals surface area contributed by atoms with Crippen LogP contribution in [0.4, 0.5) is 0 Å². The number of aryl methyl sites for hydroxylation is 1. The molecule has 1 N–H and O–H groups in total. The van der Waals surface area contributed by atoms with Crippen LogP contribution in [0.1, 0.15) is 24.1 Å². The molecule has 18 heavy (non-hydrogen) atoms. The maximum atomic E-state index is 5.84. The van der Waals surface area contributed by atoms with Gasteiger partial charge in [0, 0.05) is 17.8 Å². The van der Waals surface area contributed by atoms with Crippen molar-refractivity contribution >= 4 is 0 Å². The molecule has 3 heteroatoms. The Kier molecular flexibility index (Phi) is 3.95. The highest BCUT2D eigenvalue weighted by molar-refractivity contribution is 5.35. The van der Waals surface area contributed by atoms with E-state index in [0.29, 0.717) is 5.88 Å². The third-order valence-electron chi connectivity index (χ3n) is 2.94. The summed E-state index contributed by atoms with van der Waals surface area (Å²) in [5, 5.41) is 3.20. The average Bonchev–Trinajstić information content (AvgIpc) is 2.41. The van der Waals surface area contributed by atoms with Gasteiger partial charge < -0.3 is 10.1 Å². The van der Waals surface area contributed by atoms with Crippen molar-refractivity contribution in [3.8, 4) is 11.6 Å². The van der Waals surface area contributed by atoms with Gasteiger partial charge in [0.1, 0.15) is 5.75 Å². The topological polar surface area (TPSA) is 34.2 Å². The Labute approximate surface area is 108 Å². The standard InChI is InChI=1S/C15H18N2O/c1-11-6-8-13(9-7-11)18-15-14(12(2)16-3)5-4-10-17-15/h4-10,12,16H,1-3H3. The number of aromatic nitrogens is 1. The molecule has 0 bridgehead atoms. The number of nitrogens with zero attached hydrogens (tertiary/aromatic N) is 1. The van der Waals surface area contributed by atoms with E-state index in [9.17, 15) is 0 Å². The minimum absolute atomic E-state index is 0.208. The van der Waals surface area contributed by atoms with Crippen LogP contribution in [0.3, 0.4) is 0 Å². The first-order valence-electron chi connectivity index (χ1n) is 6.07. The maximum Gasteiger partial charge on any atom is 0.223 e. The van der Waals surface area contributed by atoms with E-state index < -0.39 is 0 Å². The number of hydrogen-bond acceptors (Lipinski definition) is 3. The zero-order chi connectivity index (χ0) is 13.0. The minimum atomic E-state index is 0.208. The summed E-state index contributed by atoms with van der Waals surface area (Å²) < 4.78 is 5.84. The van der Waals surface area contributed by atoms with Gasteiger partial charge in [-0.2, -0.15) is 0 Å². The summed E-state index contributed by atoms with van der Waals surface area (Å²) >= 11 is 0. The Hall–Kier alpha value is -1.87.